The zero-order valence-corrected chi connectivity index (χ0v) is 17.9. The van der Waals surface area contributed by atoms with Gasteiger partial charge in [0.15, 0.2) is 6.10 Å². The van der Waals surface area contributed by atoms with E-state index in [0.717, 1.165) is 34.0 Å². The SMILES string of the molecule is Cc1cncc2cccc(NC3CCCN(C(=O)C(O)c4ccc(Br)cc4)C3)c12. The average Bonchev–Trinajstić information content (AvgIpc) is 2.74. The highest BCUT2D eigenvalue weighted by Crippen LogP contribution is 2.28. The number of halogens is 1. The first-order chi connectivity index (χ1) is 14.0. The molecule has 2 N–H and O–H groups in total. The lowest BCUT2D eigenvalue weighted by Gasteiger charge is -2.35. The van der Waals surface area contributed by atoms with E-state index in [1.54, 1.807) is 17.0 Å². The Hall–Kier alpha value is -2.44. The Morgan fingerprint density at radius 1 is 1.24 bits per heavy atom. The fourth-order valence-corrected chi connectivity index (χ4v) is 4.27. The van der Waals surface area contributed by atoms with Gasteiger partial charge in [0, 0.05) is 52.5 Å². The van der Waals surface area contributed by atoms with Crippen molar-refractivity contribution in [3.05, 3.63) is 70.5 Å². The summed E-state index contributed by atoms with van der Waals surface area (Å²) >= 11 is 3.38. The topological polar surface area (TPSA) is 65.5 Å². The molecule has 6 heteroatoms. The summed E-state index contributed by atoms with van der Waals surface area (Å²) in [7, 11) is 0. The Labute approximate surface area is 178 Å². The highest BCUT2D eigenvalue weighted by molar-refractivity contribution is 9.10. The Balaban J connectivity index is 1.49. The predicted molar refractivity (Wildman–Crippen MR) is 119 cm³/mol. The summed E-state index contributed by atoms with van der Waals surface area (Å²) in [6.07, 6.45) is 4.51. The number of aryl methyl sites for hydroxylation is 1. The van der Waals surface area contributed by atoms with E-state index in [1.807, 2.05) is 30.6 Å². The molecular weight excluding hydrogens is 430 g/mol. The van der Waals surface area contributed by atoms with E-state index >= 15 is 0 Å². The maximum Gasteiger partial charge on any atom is 0.256 e. The molecule has 2 aromatic carbocycles. The number of nitrogens with one attached hydrogen (secondary N) is 1. The lowest BCUT2D eigenvalue weighted by Crippen LogP contribution is -2.46. The summed E-state index contributed by atoms with van der Waals surface area (Å²) in [4.78, 5) is 18.9. The second-order valence-corrected chi connectivity index (χ2v) is 8.50. The van der Waals surface area contributed by atoms with Crippen LogP contribution in [0.15, 0.2) is 59.3 Å². The first-order valence-electron chi connectivity index (χ1n) is 9.85. The Morgan fingerprint density at radius 2 is 2.03 bits per heavy atom. The van der Waals surface area contributed by atoms with Crippen LogP contribution in [0.1, 0.15) is 30.1 Å². The molecule has 1 amide bonds. The van der Waals surface area contributed by atoms with E-state index in [9.17, 15) is 9.90 Å². The number of hydrogen-bond acceptors (Lipinski definition) is 4. The minimum atomic E-state index is -1.13. The number of piperidine rings is 1. The average molecular weight is 454 g/mol. The van der Waals surface area contributed by atoms with Crippen molar-refractivity contribution < 1.29 is 9.90 Å². The van der Waals surface area contributed by atoms with E-state index in [2.05, 4.69) is 45.3 Å². The molecule has 150 valence electrons. The van der Waals surface area contributed by atoms with Gasteiger partial charge in [0.05, 0.1) is 0 Å². The molecule has 1 aliphatic rings. The zero-order chi connectivity index (χ0) is 20.4. The van der Waals surface area contributed by atoms with Crippen molar-refractivity contribution in [2.24, 2.45) is 0 Å². The lowest BCUT2D eigenvalue weighted by atomic mass is 10.0. The monoisotopic (exact) mass is 453 g/mol. The predicted octanol–water partition coefficient (Wildman–Crippen LogP) is 4.44. The van der Waals surface area contributed by atoms with E-state index in [4.69, 9.17) is 0 Å². The number of benzene rings is 2. The normalized spacial score (nSPS) is 17.9. The van der Waals surface area contributed by atoms with Gasteiger partial charge < -0.3 is 15.3 Å². The molecule has 1 saturated heterocycles. The van der Waals surface area contributed by atoms with Gasteiger partial charge in [0.25, 0.3) is 5.91 Å². The third kappa shape index (κ3) is 4.28. The number of pyridine rings is 1. The largest absolute Gasteiger partial charge is 0.380 e. The molecular formula is C23H24BrN3O2. The number of carbonyl (C=O) groups excluding carboxylic acids is 1. The summed E-state index contributed by atoms with van der Waals surface area (Å²) in [5.74, 6) is -0.239. The summed E-state index contributed by atoms with van der Waals surface area (Å²) in [6, 6.07) is 13.5. The minimum absolute atomic E-state index is 0.142. The van der Waals surface area contributed by atoms with Gasteiger partial charge in [-0.1, -0.05) is 40.2 Å². The third-order valence-corrected chi connectivity index (χ3v) is 6.01. The van der Waals surface area contributed by atoms with Crippen LogP contribution in [0.4, 0.5) is 5.69 Å². The molecule has 1 fully saturated rings. The third-order valence-electron chi connectivity index (χ3n) is 5.49. The smallest absolute Gasteiger partial charge is 0.256 e. The number of carbonyl (C=O) groups is 1. The van der Waals surface area contributed by atoms with E-state index in [0.29, 0.717) is 18.7 Å². The van der Waals surface area contributed by atoms with Crippen molar-refractivity contribution in [1.29, 1.82) is 0 Å². The van der Waals surface area contributed by atoms with Gasteiger partial charge in [0.2, 0.25) is 0 Å². The lowest BCUT2D eigenvalue weighted by molar-refractivity contribution is -0.141. The fraction of sp³-hybridized carbons (Fsp3) is 0.304. The van der Waals surface area contributed by atoms with Crippen molar-refractivity contribution in [1.82, 2.24) is 9.88 Å². The van der Waals surface area contributed by atoms with Gasteiger partial charge in [-0.25, -0.2) is 0 Å². The van der Waals surface area contributed by atoms with E-state index in [-0.39, 0.29) is 11.9 Å². The first-order valence-corrected chi connectivity index (χ1v) is 10.6. The number of aliphatic hydroxyl groups is 1. The van der Waals surface area contributed by atoms with Crippen LogP contribution in [0.5, 0.6) is 0 Å². The van der Waals surface area contributed by atoms with Crippen molar-refractivity contribution in [3.63, 3.8) is 0 Å². The Kier molecular flexibility index (Phi) is 5.83. The van der Waals surface area contributed by atoms with Crippen LogP contribution < -0.4 is 5.32 Å². The molecule has 0 aliphatic carbocycles. The number of amides is 1. The second kappa shape index (κ2) is 8.51. The highest BCUT2D eigenvalue weighted by Gasteiger charge is 2.29. The molecule has 29 heavy (non-hydrogen) atoms. The van der Waals surface area contributed by atoms with Gasteiger partial charge >= 0.3 is 0 Å². The quantitative estimate of drug-likeness (QED) is 0.612. The number of nitrogens with zero attached hydrogens (tertiary/aromatic N) is 2. The number of aromatic nitrogens is 1. The number of aliphatic hydroxyl groups excluding tert-OH is 1. The van der Waals surface area contributed by atoms with Crippen molar-refractivity contribution in [3.8, 4) is 0 Å². The van der Waals surface area contributed by atoms with Gasteiger partial charge in [-0.3, -0.25) is 9.78 Å². The molecule has 5 nitrogen and oxygen atoms in total. The van der Waals surface area contributed by atoms with E-state index < -0.39 is 6.10 Å². The minimum Gasteiger partial charge on any atom is -0.380 e. The maximum atomic E-state index is 12.9. The van der Waals surface area contributed by atoms with Gasteiger partial charge in [-0.2, -0.15) is 0 Å². The maximum absolute atomic E-state index is 12.9. The van der Waals surface area contributed by atoms with Crippen molar-refractivity contribution in [2.45, 2.75) is 31.9 Å². The van der Waals surface area contributed by atoms with Crippen LogP contribution >= 0.6 is 15.9 Å². The van der Waals surface area contributed by atoms with Crippen molar-refractivity contribution >= 4 is 38.3 Å². The molecule has 0 saturated carbocycles. The summed E-state index contributed by atoms with van der Waals surface area (Å²) in [5.41, 5.74) is 2.81. The zero-order valence-electron chi connectivity index (χ0n) is 16.3. The molecule has 0 radical (unpaired) electrons. The molecule has 2 heterocycles. The standard InChI is InChI=1S/C23H24BrN3O2/c1-15-12-25-13-17-4-2-6-20(21(15)17)26-19-5-3-11-27(14-19)23(29)22(28)16-7-9-18(24)10-8-16/h2,4,6-10,12-13,19,22,26,28H,3,5,11,14H2,1H3. The number of anilines is 1. The highest BCUT2D eigenvalue weighted by atomic mass is 79.9. The van der Waals surface area contributed by atoms with Crippen LogP contribution in [0.3, 0.4) is 0 Å². The number of hydrogen-bond donors (Lipinski definition) is 2. The number of rotatable bonds is 4. The van der Waals surface area contributed by atoms with Gasteiger partial charge in [-0.05, 0) is 49.1 Å². The van der Waals surface area contributed by atoms with Crippen LogP contribution in [0.25, 0.3) is 10.8 Å². The van der Waals surface area contributed by atoms with Crippen LogP contribution in [0, 0.1) is 6.92 Å². The molecule has 0 bridgehead atoms. The number of fused-ring (bicyclic) bond motifs is 1. The Bertz CT molecular complexity index is 1020. The Morgan fingerprint density at radius 3 is 2.83 bits per heavy atom. The molecule has 4 rings (SSSR count). The van der Waals surface area contributed by atoms with E-state index in [1.165, 1.54) is 5.39 Å². The molecule has 1 aliphatic heterocycles. The van der Waals surface area contributed by atoms with Gasteiger partial charge in [0.1, 0.15) is 0 Å². The van der Waals surface area contributed by atoms with Crippen LogP contribution in [-0.2, 0) is 4.79 Å². The molecule has 1 aromatic heterocycles. The van der Waals surface area contributed by atoms with Crippen LogP contribution in [0.2, 0.25) is 0 Å². The second-order valence-electron chi connectivity index (χ2n) is 7.58. The summed E-state index contributed by atoms with van der Waals surface area (Å²) in [6.45, 7) is 3.31. The van der Waals surface area contributed by atoms with Gasteiger partial charge in [-0.15, -0.1) is 0 Å². The molecule has 2 atom stereocenters. The molecule has 0 spiro atoms. The molecule has 2 unspecified atom stereocenters. The number of likely N-dealkylation sites (tertiary alicyclic amines) is 1. The fourth-order valence-electron chi connectivity index (χ4n) is 4.01. The first kappa shape index (κ1) is 19.9. The summed E-state index contributed by atoms with van der Waals surface area (Å²) < 4.78 is 0.920. The summed E-state index contributed by atoms with van der Waals surface area (Å²) in [5, 5.41) is 16.4. The van der Waals surface area contributed by atoms with Crippen LogP contribution in [-0.4, -0.2) is 40.0 Å². The van der Waals surface area contributed by atoms with Crippen molar-refractivity contribution in [2.75, 3.05) is 18.4 Å². The molecule has 3 aromatic rings.